The van der Waals surface area contributed by atoms with Crippen molar-refractivity contribution in [3.05, 3.63) is 60.9 Å². The second-order valence-corrected chi connectivity index (χ2v) is 9.51. The fourth-order valence-corrected chi connectivity index (χ4v) is 4.01. The molecule has 0 saturated carbocycles. The van der Waals surface area contributed by atoms with E-state index in [0.717, 1.165) is 17.2 Å². The van der Waals surface area contributed by atoms with Crippen LogP contribution >= 0.6 is 0 Å². The lowest BCUT2D eigenvalue weighted by Gasteiger charge is -2.27. The summed E-state index contributed by atoms with van der Waals surface area (Å²) in [4.78, 5) is 39.0. The fraction of sp³-hybridized carbons (Fsp3) is 0.370. The molecule has 3 aromatic rings. The van der Waals surface area contributed by atoms with Crippen molar-refractivity contribution in [3.63, 3.8) is 0 Å². The zero-order valence-corrected chi connectivity index (χ0v) is 20.2. The molecule has 8 heteroatoms. The van der Waals surface area contributed by atoms with Crippen molar-refractivity contribution in [2.75, 3.05) is 19.8 Å². The molecule has 1 aliphatic rings. The van der Waals surface area contributed by atoms with E-state index in [9.17, 15) is 14.4 Å². The van der Waals surface area contributed by atoms with E-state index in [1.807, 2.05) is 45.0 Å². The maximum absolute atomic E-state index is 12.8. The quantitative estimate of drug-likeness (QED) is 0.476. The van der Waals surface area contributed by atoms with Crippen molar-refractivity contribution in [2.45, 2.75) is 45.3 Å². The average Bonchev–Trinajstić information content (AvgIpc) is 3.52. The molecule has 0 unspecified atom stereocenters. The first-order chi connectivity index (χ1) is 16.7. The molecule has 8 nitrogen and oxygen atoms in total. The maximum Gasteiger partial charge on any atom is 0.329 e. The van der Waals surface area contributed by atoms with Crippen molar-refractivity contribution < 1.29 is 28.6 Å². The van der Waals surface area contributed by atoms with Gasteiger partial charge in [0.15, 0.2) is 13.2 Å². The predicted molar refractivity (Wildman–Crippen MR) is 131 cm³/mol. The fourth-order valence-electron chi connectivity index (χ4n) is 4.01. The number of nitrogens with zero attached hydrogens (tertiary/aromatic N) is 2. The first-order valence-electron chi connectivity index (χ1n) is 11.7. The maximum atomic E-state index is 12.8. The van der Waals surface area contributed by atoms with E-state index in [-0.39, 0.29) is 31.0 Å². The molecule has 1 aromatic heterocycles. The lowest BCUT2D eigenvalue weighted by atomic mass is 10.1. The summed E-state index contributed by atoms with van der Waals surface area (Å²) in [5.74, 6) is 0.288. The van der Waals surface area contributed by atoms with Crippen molar-refractivity contribution in [3.8, 4) is 11.5 Å². The molecule has 184 valence electrons. The molecule has 1 aliphatic heterocycles. The zero-order chi connectivity index (χ0) is 25.0. The summed E-state index contributed by atoms with van der Waals surface area (Å²) in [6.45, 7) is 5.68. The van der Waals surface area contributed by atoms with Crippen molar-refractivity contribution >= 4 is 28.6 Å². The van der Waals surface area contributed by atoms with E-state index in [1.54, 1.807) is 41.6 Å². The second kappa shape index (κ2) is 10.2. The SMILES string of the molecule is CC(C)(C)OC(=O)[C@H]1CCCN1C(=O)COc1ccc2ccc(OCC(=O)n3cccc3)cc2c1. The Morgan fingerprint density at radius 2 is 1.49 bits per heavy atom. The number of hydrogen-bond acceptors (Lipinski definition) is 6. The molecule has 0 aliphatic carbocycles. The van der Waals surface area contributed by atoms with Gasteiger partial charge < -0.3 is 19.1 Å². The van der Waals surface area contributed by atoms with Gasteiger partial charge in [-0.3, -0.25) is 14.2 Å². The van der Waals surface area contributed by atoms with Gasteiger partial charge in [-0.2, -0.15) is 0 Å². The minimum absolute atomic E-state index is 0.0838. The first-order valence-corrected chi connectivity index (χ1v) is 11.7. The van der Waals surface area contributed by atoms with Gasteiger partial charge in [-0.1, -0.05) is 12.1 Å². The smallest absolute Gasteiger partial charge is 0.329 e. The van der Waals surface area contributed by atoms with Crippen molar-refractivity contribution in [1.82, 2.24) is 9.47 Å². The third-order valence-electron chi connectivity index (χ3n) is 5.65. The molecular weight excluding hydrogens is 448 g/mol. The average molecular weight is 479 g/mol. The van der Waals surface area contributed by atoms with E-state index in [2.05, 4.69) is 0 Å². The minimum Gasteiger partial charge on any atom is -0.484 e. The number of carbonyl (C=O) groups excluding carboxylic acids is 3. The van der Waals surface area contributed by atoms with Crippen LogP contribution in [0.5, 0.6) is 11.5 Å². The highest BCUT2D eigenvalue weighted by Crippen LogP contribution is 2.26. The molecule has 1 atom stereocenters. The van der Waals surface area contributed by atoms with Crippen LogP contribution in [0.2, 0.25) is 0 Å². The van der Waals surface area contributed by atoms with E-state index >= 15 is 0 Å². The lowest BCUT2D eigenvalue weighted by Crippen LogP contribution is -2.45. The number of likely N-dealkylation sites (tertiary alicyclic amines) is 1. The van der Waals surface area contributed by atoms with Crippen LogP contribution in [-0.2, 0) is 14.3 Å². The molecule has 4 rings (SSSR count). The highest BCUT2D eigenvalue weighted by atomic mass is 16.6. The molecule has 1 saturated heterocycles. The monoisotopic (exact) mass is 478 g/mol. The van der Waals surface area contributed by atoms with Crippen molar-refractivity contribution in [1.29, 1.82) is 0 Å². The third kappa shape index (κ3) is 6.20. The molecule has 35 heavy (non-hydrogen) atoms. The molecule has 0 radical (unpaired) electrons. The number of rotatable bonds is 7. The lowest BCUT2D eigenvalue weighted by molar-refractivity contribution is -0.163. The van der Waals surface area contributed by atoms with Gasteiger partial charge in [0.2, 0.25) is 0 Å². The topological polar surface area (TPSA) is 87.1 Å². The van der Waals surface area contributed by atoms with Crippen LogP contribution in [0.25, 0.3) is 10.8 Å². The number of ether oxygens (including phenoxy) is 3. The van der Waals surface area contributed by atoms with Gasteiger partial charge in [0.25, 0.3) is 11.8 Å². The molecule has 0 spiro atoms. The van der Waals surface area contributed by atoms with E-state index in [0.29, 0.717) is 24.5 Å². The first kappa shape index (κ1) is 24.3. The van der Waals surface area contributed by atoms with Crippen LogP contribution in [0.15, 0.2) is 60.9 Å². The van der Waals surface area contributed by atoms with E-state index < -0.39 is 11.6 Å². The van der Waals surface area contributed by atoms with Crippen LogP contribution in [0.1, 0.15) is 38.4 Å². The summed E-state index contributed by atoms with van der Waals surface area (Å²) in [7, 11) is 0. The second-order valence-electron chi connectivity index (χ2n) is 9.51. The minimum atomic E-state index is -0.603. The predicted octanol–water partition coefficient (Wildman–Crippen LogP) is 4.07. The van der Waals surface area contributed by atoms with Crippen molar-refractivity contribution in [2.24, 2.45) is 0 Å². The Labute approximate surface area is 204 Å². The van der Waals surface area contributed by atoms with E-state index in [4.69, 9.17) is 14.2 Å². The van der Waals surface area contributed by atoms with Crippen LogP contribution < -0.4 is 9.47 Å². The molecule has 2 aromatic carbocycles. The number of amides is 1. The van der Waals surface area contributed by atoms with Crippen LogP contribution in [0.4, 0.5) is 0 Å². The number of benzene rings is 2. The Hall–Kier alpha value is -3.81. The summed E-state index contributed by atoms with van der Waals surface area (Å²) in [6, 6.07) is 14.0. The Kier molecular flexibility index (Phi) is 7.10. The largest absolute Gasteiger partial charge is 0.484 e. The van der Waals surface area contributed by atoms with Gasteiger partial charge in [-0.15, -0.1) is 0 Å². The molecule has 2 heterocycles. The van der Waals surface area contributed by atoms with Gasteiger partial charge in [0.05, 0.1) is 0 Å². The highest BCUT2D eigenvalue weighted by Gasteiger charge is 2.36. The molecule has 0 N–H and O–H groups in total. The summed E-state index contributed by atoms with van der Waals surface area (Å²) in [5, 5.41) is 1.82. The zero-order valence-electron chi connectivity index (χ0n) is 20.2. The number of fused-ring (bicyclic) bond motifs is 1. The Morgan fingerprint density at radius 1 is 0.886 bits per heavy atom. The Morgan fingerprint density at radius 3 is 2.09 bits per heavy atom. The summed E-state index contributed by atoms with van der Waals surface area (Å²) < 4.78 is 18.4. The van der Waals surface area contributed by atoms with Gasteiger partial charge in [0.1, 0.15) is 23.1 Å². The normalized spacial score (nSPS) is 15.7. The number of hydrogen-bond donors (Lipinski definition) is 0. The third-order valence-corrected chi connectivity index (χ3v) is 5.65. The van der Waals surface area contributed by atoms with E-state index in [1.165, 1.54) is 4.57 Å². The number of aromatic nitrogens is 1. The highest BCUT2D eigenvalue weighted by molar-refractivity contribution is 5.87. The standard InChI is InChI=1S/C27H30N2O6/c1-27(2,3)35-26(32)23-7-6-14-29(23)25(31)18-34-22-11-9-19-8-10-21(15-20(19)16-22)33-17-24(30)28-12-4-5-13-28/h4-5,8-13,15-16,23H,6-7,14,17-18H2,1-3H3/t23-/m1/s1. The van der Waals surface area contributed by atoms with Gasteiger partial charge in [-0.25, -0.2) is 4.79 Å². The Balaban J connectivity index is 1.36. The molecule has 0 bridgehead atoms. The number of esters is 1. The Bertz CT molecular complexity index is 1210. The van der Waals surface area contributed by atoms with Crippen LogP contribution in [0, 0.1) is 0 Å². The van der Waals surface area contributed by atoms with Crippen LogP contribution in [0.3, 0.4) is 0 Å². The number of carbonyl (C=O) groups is 3. The van der Waals surface area contributed by atoms with Gasteiger partial charge >= 0.3 is 5.97 Å². The van der Waals surface area contributed by atoms with Crippen LogP contribution in [-0.4, -0.2) is 58.7 Å². The molecular formula is C27H30N2O6. The molecule has 1 amide bonds. The summed E-state index contributed by atoms with van der Waals surface area (Å²) >= 11 is 0. The van der Waals surface area contributed by atoms with Gasteiger partial charge in [-0.05, 0) is 80.8 Å². The summed E-state index contributed by atoms with van der Waals surface area (Å²) in [5.41, 5.74) is -0.603. The summed E-state index contributed by atoms with van der Waals surface area (Å²) in [6.07, 6.45) is 4.69. The van der Waals surface area contributed by atoms with Gasteiger partial charge in [0, 0.05) is 18.9 Å². The molecule has 1 fully saturated rings.